The van der Waals surface area contributed by atoms with Crippen LogP contribution in [0.4, 0.5) is 5.82 Å². The first-order valence-corrected chi connectivity index (χ1v) is 6.04. The standard InChI is InChI=1S/C13H13ClN2O/c14-9-3-6-13(17)16-12-8-7-10-4-1-2-5-11(10)15-12/h1-2,4-5,7-8H,3,6,9H2,(H,15,16,17). The zero-order valence-electron chi connectivity index (χ0n) is 9.32. The highest BCUT2D eigenvalue weighted by molar-refractivity contribution is 6.18. The first kappa shape index (κ1) is 11.9. The van der Waals surface area contributed by atoms with Gasteiger partial charge in [0.25, 0.3) is 0 Å². The molecule has 2 aromatic rings. The molecular weight excluding hydrogens is 236 g/mol. The summed E-state index contributed by atoms with van der Waals surface area (Å²) in [5.41, 5.74) is 0.877. The third-order valence-electron chi connectivity index (χ3n) is 2.40. The van der Waals surface area contributed by atoms with E-state index >= 15 is 0 Å². The van der Waals surface area contributed by atoms with Crippen LogP contribution in [0.3, 0.4) is 0 Å². The molecule has 1 heterocycles. The second-order valence-corrected chi connectivity index (χ2v) is 4.11. The number of benzene rings is 1. The first-order chi connectivity index (χ1) is 8.29. The monoisotopic (exact) mass is 248 g/mol. The number of carbonyl (C=O) groups is 1. The number of carbonyl (C=O) groups excluding carboxylic acids is 1. The van der Waals surface area contributed by atoms with Gasteiger partial charge in [0.15, 0.2) is 0 Å². The van der Waals surface area contributed by atoms with E-state index in [2.05, 4.69) is 10.3 Å². The molecular formula is C13H13ClN2O. The van der Waals surface area contributed by atoms with Gasteiger partial charge in [-0.15, -0.1) is 11.6 Å². The average molecular weight is 249 g/mol. The number of anilines is 1. The lowest BCUT2D eigenvalue weighted by atomic mass is 10.2. The van der Waals surface area contributed by atoms with Crippen molar-refractivity contribution in [2.24, 2.45) is 0 Å². The van der Waals surface area contributed by atoms with Crippen LogP contribution in [-0.2, 0) is 4.79 Å². The normalized spacial score (nSPS) is 10.4. The topological polar surface area (TPSA) is 42.0 Å². The summed E-state index contributed by atoms with van der Waals surface area (Å²) in [5.74, 6) is 1.04. The van der Waals surface area contributed by atoms with E-state index in [9.17, 15) is 4.79 Å². The molecule has 4 heteroatoms. The van der Waals surface area contributed by atoms with Crippen LogP contribution in [0.2, 0.25) is 0 Å². The van der Waals surface area contributed by atoms with E-state index < -0.39 is 0 Å². The van der Waals surface area contributed by atoms with Crippen molar-refractivity contribution in [1.29, 1.82) is 0 Å². The van der Waals surface area contributed by atoms with Gasteiger partial charge in [0.1, 0.15) is 5.82 Å². The van der Waals surface area contributed by atoms with Gasteiger partial charge in [0, 0.05) is 17.7 Å². The Bertz CT molecular complexity index is 528. The molecule has 17 heavy (non-hydrogen) atoms. The van der Waals surface area contributed by atoms with E-state index in [0.29, 0.717) is 24.5 Å². The van der Waals surface area contributed by atoms with Crippen molar-refractivity contribution in [2.45, 2.75) is 12.8 Å². The van der Waals surface area contributed by atoms with Gasteiger partial charge < -0.3 is 5.32 Å². The Kier molecular flexibility index (Phi) is 3.94. The Morgan fingerprint density at radius 2 is 2.06 bits per heavy atom. The lowest BCUT2D eigenvalue weighted by molar-refractivity contribution is -0.116. The summed E-state index contributed by atoms with van der Waals surface area (Å²) in [4.78, 5) is 15.9. The molecule has 1 aromatic heterocycles. The largest absolute Gasteiger partial charge is 0.311 e. The number of hydrogen-bond donors (Lipinski definition) is 1. The van der Waals surface area contributed by atoms with Gasteiger partial charge in [-0.3, -0.25) is 4.79 Å². The molecule has 0 atom stereocenters. The van der Waals surface area contributed by atoms with Gasteiger partial charge >= 0.3 is 0 Å². The maximum Gasteiger partial charge on any atom is 0.225 e. The number of rotatable bonds is 4. The second kappa shape index (κ2) is 5.64. The van der Waals surface area contributed by atoms with Crippen molar-refractivity contribution >= 4 is 34.2 Å². The van der Waals surface area contributed by atoms with Crippen molar-refractivity contribution in [3.05, 3.63) is 36.4 Å². The van der Waals surface area contributed by atoms with Gasteiger partial charge in [-0.2, -0.15) is 0 Å². The maximum absolute atomic E-state index is 11.5. The molecule has 0 bridgehead atoms. The molecule has 0 unspecified atom stereocenters. The predicted octanol–water partition coefficient (Wildman–Crippen LogP) is 3.19. The quantitative estimate of drug-likeness (QED) is 0.845. The number of amides is 1. The number of halogens is 1. The Hall–Kier alpha value is -1.61. The molecule has 1 aromatic carbocycles. The van der Waals surface area contributed by atoms with Crippen molar-refractivity contribution in [1.82, 2.24) is 4.98 Å². The van der Waals surface area contributed by atoms with Crippen molar-refractivity contribution in [2.75, 3.05) is 11.2 Å². The van der Waals surface area contributed by atoms with Crippen LogP contribution < -0.4 is 5.32 Å². The number of alkyl halides is 1. The molecule has 0 radical (unpaired) electrons. The van der Waals surface area contributed by atoms with Gasteiger partial charge in [-0.25, -0.2) is 4.98 Å². The van der Waals surface area contributed by atoms with E-state index in [-0.39, 0.29) is 5.91 Å². The molecule has 0 saturated carbocycles. The fourth-order valence-corrected chi connectivity index (χ4v) is 1.70. The van der Waals surface area contributed by atoms with E-state index in [0.717, 1.165) is 10.9 Å². The number of aromatic nitrogens is 1. The minimum absolute atomic E-state index is 0.0477. The number of fused-ring (bicyclic) bond motifs is 1. The number of para-hydroxylation sites is 1. The molecule has 3 nitrogen and oxygen atoms in total. The molecule has 0 fully saturated rings. The van der Waals surface area contributed by atoms with Gasteiger partial charge in [0.2, 0.25) is 5.91 Å². The number of pyridine rings is 1. The van der Waals surface area contributed by atoms with Crippen LogP contribution in [0.1, 0.15) is 12.8 Å². The lowest BCUT2D eigenvalue weighted by Gasteiger charge is -2.04. The molecule has 0 aliphatic carbocycles. The highest BCUT2D eigenvalue weighted by Gasteiger charge is 2.03. The van der Waals surface area contributed by atoms with Crippen LogP contribution in [0.5, 0.6) is 0 Å². The highest BCUT2D eigenvalue weighted by atomic mass is 35.5. The Morgan fingerprint density at radius 1 is 1.24 bits per heavy atom. The predicted molar refractivity (Wildman–Crippen MR) is 70.3 cm³/mol. The SMILES string of the molecule is O=C(CCCCl)Nc1ccc2ccccc2n1. The van der Waals surface area contributed by atoms with Crippen LogP contribution in [-0.4, -0.2) is 16.8 Å². The first-order valence-electron chi connectivity index (χ1n) is 5.51. The zero-order valence-corrected chi connectivity index (χ0v) is 10.1. The molecule has 1 amide bonds. The highest BCUT2D eigenvalue weighted by Crippen LogP contribution is 2.14. The fraction of sp³-hybridized carbons (Fsp3) is 0.231. The van der Waals surface area contributed by atoms with Crippen LogP contribution in [0, 0.1) is 0 Å². The maximum atomic E-state index is 11.5. The van der Waals surface area contributed by atoms with Crippen molar-refractivity contribution in [3.8, 4) is 0 Å². The number of nitrogens with zero attached hydrogens (tertiary/aromatic N) is 1. The zero-order chi connectivity index (χ0) is 12.1. The Balaban J connectivity index is 2.11. The summed E-state index contributed by atoms with van der Waals surface area (Å²) >= 11 is 5.53. The summed E-state index contributed by atoms with van der Waals surface area (Å²) < 4.78 is 0. The molecule has 0 aliphatic rings. The van der Waals surface area contributed by atoms with Gasteiger partial charge in [-0.1, -0.05) is 18.2 Å². The molecule has 1 N–H and O–H groups in total. The van der Waals surface area contributed by atoms with Gasteiger partial charge in [0.05, 0.1) is 5.52 Å². The van der Waals surface area contributed by atoms with E-state index in [1.807, 2.05) is 30.3 Å². The minimum Gasteiger partial charge on any atom is -0.311 e. The number of hydrogen-bond acceptors (Lipinski definition) is 2. The summed E-state index contributed by atoms with van der Waals surface area (Å²) in [6.45, 7) is 0. The third-order valence-corrected chi connectivity index (χ3v) is 2.67. The summed E-state index contributed by atoms with van der Waals surface area (Å²) in [7, 11) is 0. The third kappa shape index (κ3) is 3.17. The summed E-state index contributed by atoms with van der Waals surface area (Å²) in [5, 5.41) is 3.82. The molecule has 0 aliphatic heterocycles. The van der Waals surface area contributed by atoms with E-state index in [1.54, 1.807) is 6.07 Å². The van der Waals surface area contributed by atoms with Crippen LogP contribution >= 0.6 is 11.6 Å². The molecule has 0 saturated heterocycles. The van der Waals surface area contributed by atoms with Gasteiger partial charge in [-0.05, 0) is 24.6 Å². The van der Waals surface area contributed by atoms with Crippen molar-refractivity contribution in [3.63, 3.8) is 0 Å². The molecule has 2 rings (SSSR count). The second-order valence-electron chi connectivity index (χ2n) is 3.73. The van der Waals surface area contributed by atoms with E-state index in [4.69, 9.17) is 11.6 Å². The van der Waals surface area contributed by atoms with E-state index in [1.165, 1.54) is 0 Å². The average Bonchev–Trinajstić information content (AvgIpc) is 2.36. The molecule has 0 spiro atoms. The minimum atomic E-state index is -0.0477. The number of nitrogens with one attached hydrogen (secondary N) is 1. The Morgan fingerprint density at radius 3 is 2.88 bits per heavy atom. The fourth-order valence-electron chi connectivity index (χ4n) is 1.57. The lowest BCUT2D eigenvalue weighted by Crippen LogP contribution is -2.12. The molecule has 88 valence electrons. The smallest absolute Gasteiger partial charge is 0.225 e. The Labute approximate surface area is 105 Å². The van der Waals surface area contributed by atoms with Crippen molar-refractivity contribution < 1.29 is 4.79 Å². The summed E-state index contributed by atoms with van der Waals surface area (Å²) in [6, 6.07) is 11.5. The van der Waals surface area contributed by atoms with Crippen LogP contribution in [0.15, 0.2) is 36.4 Å². The summed E-state index contributed by atoms with van der Waals surface area (Å²) in [6.07, 6.45) is 1.11. The van der Waals surface area contributed by atoms with Crippen LogP contribution in [0.25, 0.3) is 10.9 Å².